The van der Waals surface area contributed by atoms with Crippen LogP contribution in [0.2, 0.25) is 0 Å². The van der Waals surface area contributed by atoms with E-state index in [1.165, 1.54) is 32.0 Å². The van der Waals surface area contributed by atoms with E-state index in [0.717, 1.165) is 12.8 Å². The normalized spacial score (nSPS) is 12.6. The highest BCUT2D eigenvalue weighted by Gasteiger charge is 2.23. The molecule has 11 heteroatoms. The average Bonchev–Trinajstić information content (AvgIpc) is 3.59. The van der Waals surface area contributed by atoms with E-state index >= 15 is 0 Å². The minimum Gasteiger partial charge on any atom is -0.481 e. The van der Waals surface area contributed by atoms with Crippen LogP contribution in [-0.4, -0.2) is 60.4 Å². The third-order valence-electron chi connectivity index (χ3n) is 4.09. The first-order valence-corrected chi connectivity index (χ1v) is 10.4. The number of esters is 1. The van der Waals surface area contributed by atoms with Crippen LogP contribution in [-0.2, 0) is 14.3 Å². The predicted molar refractivity (Wildman–Crippen MR) is 112 cm³/mol. The number of ether oxygens (including phenoxy) is 3. The van der Waals surface area contributed by atoms with Gasteiger partial charge >= 0.3 is 5.97 Å². The lowest BCUT2D eigenvalue weighted by Crippen LogP contribution is -2.27. The first-order valence-electron chi connectivity index (χ1n) is 9.43. The molecule has 0 bridgehead atoms. The summed E-state index contributed by atoms with van der Waals surface area (Å²) in [6, 6.07) is 8.48. The van der Waals surface area contributed by atoms with Crippen molar-refractivity contribution in [1.82, 2.24) is 15.3 Å². The maximum absolute atomic E-state index is 12.5. The fourth-order valence-electron chi connectivity index (χ4n) is 2.44. The molecule has 0 unspecified atom stereocenters. The van der Waals surface area contributed by atoms with E-state index in [4.69, 9.17) is 14.2 Å². The minimum absolute atomic E-state index is 0.0464. The molecular weight excluding hydrogens is 424 g/mol. The minimum atomic E-state index is -0.676. The number of hydrogen-bond donors (Lipinski definition) is 2. The number of hydrogen-bond acceptors (Lipinski definition) is 9. The number of carbonyl (C=O) groups excluding carboxylic acids is 3. The zero-order chi connectivity index (χ0) is 22.2. The average molecular weight is 446 g/mol. The SMILES string of the molecule is COc1cc(OC)nc(NC(=O)COC(=O)c2ccccc2SCC(=O)NC2CC2)n1. The molecule has 3 rings (SSSR count). The molecule has 1 aromatic carbocycles. The number of anilines is 1. The molecule has 1 aromatic heterocycles. The van der Waals surface area contributed by atoms with Crippen LogP contribution in [0.1, 0.15) is 23.2 Å². The summed E-state index contributed by atoms with van der Waals surface area (Å²) >= 11 is 1.24. The maximum Gasteiger partial charge on any atom is 0.339 e. The van der Waals surface area contributed by atoms with Crippen LogP contribution in [0.4, 0.5) is 5.95 Å². The van der Waals surface area contributed by atoms with Crippen molar-refractivity contribution in [3.8, 4) is 11.8 Å². The Labute approximate surface area is 183 Å². The van der Waals surface area contributed by atoms with Crippen molar-refractivity contribution in [3.05, 3.63) is 35.9 Å². The second kappa shape index (κ2) is 10.6. The van der Waals surface area contributed by atoms with Gasteiger partial charge in [-0.05, 0) is 25.0 Å². The summed E-state index contributed by atoms with van der Waals surface area (Å²) in [5, 5.41) is 5.31. The van der Waals surface area contributed by atoms with Crippen molar-refractivity contribution in [2.45, 2.75) is 23.8 Å². The molecule has 31 heavy (non-hydrogen) atoms. The van der Waals surface area contributed by atoms with Gasteiger partial charge in [-0.25, -0.2) is 4.79 Å². The Bertz CT molecular complexity index is 944. The molecule has 10 nitrogen and oxygen atoms in total. The summed E-state index contributed by atoms with van der Waals surface area (Å²) in [6.07, 6.45) is 2.02. The van der Waals surface area contributed by atoms with Gasteiger partial charge in [0.1, 0.15) is 0 Å². The van der Waals surface area contributed by atoms with Crippen molar-refractivity contribution >= 4 is 35.5 Å². The zero-order valence-electron chi connectivity index (χ0n) is 17.0. The Balaban J connectivity index is 1.54. The molecule has 2 aromatic rings. The summed E-state index contributed by atoms with van der Waals surface area (Å²) in [5.41, 5.74) is 0.277. The molecule has 0 saturated heterocycles. The first-order chi connectivity index (χ1) is 15.0. The third-order valence-corrected chi connectivity index (χ3v) is 5.16. The molecule has 0 radical (unpaired) electrons. The lowest BCUT2D eigenvalue weighted by molar-refractivity contribution is -0.119. The topological polar surface area (TPSA) is 129 Å². The van der Waals surface area contributed by atoms with E-state index in [1.54, 1.807) is 24.3 Å². The molecule has 1 heterocycles. The van der Waals surface area contributed by atoms with E-state index in [0.29, 0.717) is 4.90 Å². The summed E-state index contributed by atoms with van der Waals surface area (Å²) in [4.78, 5) is 45.1. The molecule has 1 aliphatic rings. The van der Waals surface area contributed by atoms with Crippen LogP contribution in [0.3, 0.4) is 0 Å². The van der Waals surface area contributed by atoms with Gasteiger partial charge in [-0.15, -0.1) is 11.8 Å². The van der Waals surface area contributed by atoms with Crippen LogP contribution in [0.25, 0.3) is 0 Å². The number of carbonyl (C=O) groups is 3. The predicted octanol–water partition coefficient (Wildman–Crippen LogP) is 1.66. The number of benzene rings is 1. The van der Waals surface area contributed by atoms with Gasteiger partial charge in [0.2, 0.25) is 23.6 Å². The van der Waals surface area contributed by atoms with E-state index in [9.17, 15) is 14.4 Å². The number of thioether (sulfide) groups is 1. The smallest absolute Gasteiger partial charge is 0.339 e. The second-order valence-corrected chi connectivity index (χ2v) is 7.54. The zero-order valence-corrected chi connectivity index (χ0v) is 17.9. The summed E-state index contributed by atoms with van der Waals surface area (Å²) < 4.78 is 15.1. The number of aromatic nitrogens is 2. The molecule has 0 atom stereocenters. The lowest BCUT2D eigenvalue weighted by atomic mass is 10.2. The van der Waals surface area contributed by atoms with E-state index < -0.39 is 18.5 Å². The van der Waals surface area contributed by atoms with Crippen molar-refractivity contribution < 1.29 is 28.6 Å². The van der Waals surface area contributed by atoms with Gasteiger partial charge in [-0.2, -0.15) is 9.97 Å². The first kappa shape index (κ1) is 22.3. The molecule has 2 amide bonds. The Hall–Kier alpha value is -3.34. The monoisotopic (exact) mass is 446 g/mol. The quantitative estimate of drug-likeness (QED) is 0.413. The summed E-state index contributed by atoms with van der Waals surface area (Å²) in [6.45, 7) is -0.539. The Morgan fingerprint density at radius 3 is 2.39 bits per heavy atom. The van der Waals surface area contributed by atoms with Gasteiger partial charge in [0, 0.05) is 10.9 Å². The highest BCUT2D eigenvalue weighted by atomic mass is 32.2. The maximum atomic E-state index is 12.5. The van der Waals surface area contributed by atoms with Gasteiger partial charge in [-0.3, -0.25) is 14.9 Å². The van der Waals surface area contributed by atoms with Crippen LogP contribution >= 0.6 is 11.8 Å². The van der Waals surface area contributed by atoms with Crippen molar-refractivity contribution in [2.75, 3.05) is 31.9 Å². The number of nitrogens with one attached hydrogen (secondary N) is 2. The Morgan fingerprint density at radius 1 is 1.06 bits per heavy atom. The second-order valence-electron chi connectivity index (χ2n) is 6.53. The van der Waals surface area contributed by atoms with Crippen molar-refractivity contribution in [1.29, 1.82) is 0 Å². The van der Waals surface area contributed by atoms with E-state index in [2.05, 4.69) is 20.6 Å². The fourth-order valence-corrected chi connectivity index (χ4v) is 3.29. The van der Waals surface area contributed by atoms with Gasteiger partial charge in [0.05, 0.1) is 31.6 Å². The van der Waals surface area contributed by atoms with Crippen molar-refractivity contribution in [2.24, 2.45) is 0 Å². The fraction of sp³-hybridized carbons (Fsp3) is 0.350. The van der Waals surface area contributed by atoms with Crippen LogP contribution in [0, 0.1) is 0 Å². The van der Waals surface area contributed by atoms with Crippen LogP contribution < -0.4 is 20.1 Å². The summed E-state index contributed by atoms with van der Waals surface area (Å²) in [7, 11) is 2.83. The Morgan fingerprint density at radius 2 is 1.74 bits per heavy atom. The number of nitrogens with zero attached hydrogens (tertiary/aromatic N) is 2. The highest BCUT2D eigenvalue weighted by Crippen LogP contribution is 2.24. The van der Waals surface area contributed by atoms with E-state index in [-0.39, 0.29) is 41.0 Å². The molecular formula is C20H22N4O6S. The van der Waals surface area contributed by atoms with Crippen molar-refractivity contribution in [3.63, 3.8) is 0 Å². The molecule has 2 N–H and O–H groups in total. The standard InChI is InChI=1S/C20H22N4O6S/c1-28-17-9-18(29-2)24-20(23-17)22-15(25)10-30-19(27)13-5-3-4-6-14(13)31-11-16(26)21-12-7-8-12/h3-6,9,12H,7-8,10-11H2,1-2H3,(H,21,26)(H,22,23,24,25). The molecule has 0 aliphatic heterocycles. The Kier molecular flexibility index (Phi) is 7.65. The number of rotatable bonds is 10. The molecule has 1 saturated carbocycles. The van der Waals surface area contributed by atoms with Gasteiger partial charge in [-0.1, -0.05) is 12.1 Å². The van der Waals surface area contributed by atoms with Crippen LogP contribution in [0.5, 0.6) is 11.8 Å². The largest absolute Gasteiger partial charge is 0.481 e. The van der Waals surface area contributed by atoms with Gasteiger partial charge in [0.15, 0.2) is 6.61 Å². The van der Waals surface area contributed by atoms with Gasteiger partial charge < -0.3 is 19.5 Å². The molecule has 1 fully saturated rings. The van der Waals surface area contributed by atoms with E-state index in [1.807, 2.05) is 0 Å². The molecule has 1 aliphatic carbocycles. The highest BCUT2D eigenvalue weighted by molar-refractivity contribution is 8.00. The molecule has 164 valence electrons. The third kappa shape index (κ3) is 6.85. The van der Waals surface area contributed by atoms with Crippen LogP contribution in [0.15, 0.2) is 35.2 Å². The molecule has 0 spiro atoms. The number of methoxy groups -OCH3 is 2. The lowest BCUT2D eigenvalue weighted by Gasteiger charge is -2.10. The number of amides is 2. The summed E-state index contributed by atoms with van der Waals surface area (Å²) in [5.74, 6) is -0.830. The van der Waals surface area contributed by atoms with Gasteiger partial charge in [0.25, 0.3) is 5.91 Å².